The molecule has 4 rings (SSSR count). The molecule has 1 N–H and O–H groups in total. The average Bonchev–Trinajstić information content (AvgIpc) is 2.94. The number of ether oxygens (including phenoxy) is 1. The lowest BCUT2D eigenvalue weighted by Crippen LogP contribution is -2.48. The zero-order valence-corrected chi connectivity index (χ0v) is 18.6. The maximum Gasteiger partial charge on any atom is 0.235 e. The zero-order chi connectivity index (χ0) is 21.5. The maximum atomic E-state index is 12.7. The molecule has 8 heteroatoms. The second kappa shape index (κ2) is 7.87. The number of benzene rings is 2. The van der Waals surface area contributed by atoms with Crippen LogP contribution in [0.25, 0.3) is 0 Å². The van der Waals surface area contributed by atoms with Crippen molar-refractivity contribution in [3.63, 3.8) is 0 Å². The molecule has 30 heavy (non-hydrogen) atoms. The summed E-state index contributed by atoms with van der Waals surface area (Å²) in [5, 5.41) is 3.65. The van der Waals surface area contributed by atoms with E-state index in [2.05, 4.69) is 10.2 Å². The number of nitrogens with one attached hydrogen (secondary N) is 1. The number of halogens is 1. The van der Waals surface area contributed by atoms with Crippen molar-refractivity contribution in [2.24, 2.45) is 0 Å². The minimum atomic E-state index is -3.21. The fourth-order valence-corrected chi connectivity index (χ4v) is 5.20. The molecule has 1 saturated heterocycles. The van der Waals surface area contributed by atoms with Gasteiger partial charge in [0.1, 0.15) is 11.9 Å². The molecule has 6 nitrogen and oxygen atoms in total. The second-order valence-electron chi connectivity index (χ2n) is 8.20. The first-order chi connectivity index (χ1) is 14.2. The van der Waals surface area contributed by atoms with E-state index in [1.165, 1.54) is 6.26 Å². The molecule has 2 aromatic carbocycles. The highest BCUT2D eigenvalue weighted by molar-refractivity contribution is 7.90. The van der Waals surface area contributed by atoms with Gasteiger partial charge in [-0.1, -0.05) is 11.6 Å². The standard InChI is InChI=1S/C22H25ClN2O4S/c1-15(29-17-4-6-18(7-5-17)30(2,27)28)14-25-11-9-22(10-12-25)19-13-16(23)3-8-20(19)24-21(22)26/h3-8,13,15H,9-12,14H2,1-2H3,(H,24,26). The molecule has 0 aromatic heterocycles. The Bertz CT molecular complexity index is 1060. The Hall–Kier alpha value is -2.09. The number of carbonyl (C=O) groups excluding carboxylic acids is 1. The first-order valence-electron chi connectivity index (χ1n) is 9.98. The molecule has 2 aromatic rings. The van der Waals surface area contributed by atoms with E-state index in [1.807, 2.05) is 19.1 Å². The van der Waals surface area contributed by atoms with Crippen molar-refractivity contribution in [1.29, 1.82) is 0 Å². The Kier molecular flexibility index (Phi) is 5.55. The van der Waals surface area contributed by atoms with Crippen LogP contribution in [-0.2, 0) is 20.0 Å². The van der Waals surface area contributed by atoms with E-state index < -0.39 is 15.3 Å². The summed E-state index contributed by atoms with van der Waals surface area (Å²) in [6.45, 7) is 4.31. The maximum absolute atomic E-state index is 12.7. The van der Waals surface area contributed by atoms with Crippen molar-refractivity contribution in [2.75, 3.05) is 31.2 Å². The number of nitrogens with zero attached hydrogens (tertiary/aromatic N) is 1. The van der Waals surface area contributed by atoms with Crippen molar-refractivity contribution in [3.8, 4) is 5.75 Å². The molecule has 1 unspecified atom stereocenters. The van der Waals surface area contributed by atoms with Gasteiger partial charge < -0.3 is 10.1 Å². The highest BCUT2D eigenvalue weighted by Crippen LogP contribution is 2.45. The van der Waals surface area contributed by atoms with Gasteiger partial charge in [-0.2, -0.15) is 0 Å². The van der Waals surface area contributed by atoms with Crippen LogP contribution in [0, 0.1) is 0 Å². The summed E-state index contributed by atoms with van der Waals surface area (Å²) in [5.74, 6) is 0.705. The number of rotatable bonds is 5. The molecule has 1 spiro atoms. The number of amides is 1. The SMILES string of the molecule is CC(CN1CCC2(CC1)C(=O)Nc1ccc(Cl)cc12)Oc1ccc(S(C)(=O)=O)cc1. The summed E-state index contributed by atoms with van der Waals surface area (Å²) >= 11 is 6.18. The number of anilines is 1. The lowest BCUT2D eigenvalue weighted by molar-refractivity contribution is -0.122. The number of hydrogen-bond acceptors (Lipinski definition) is 5. The quantitative estimate of drug-likeness (QED) is 0.757. The molecule has 0 bridgehead atoms. The first-order valence-corrected chi connectivity index (χ1v) is 12.2. The summed E-state index contributed by atoms with van der Waals surface area (Å²) in [6.07, 6.45) is 2.59. The zero-order valence-electron chi connectivity index (χ0n) is 17.0. The van der Waals surface area contributed by atoms with E-state index >= 15 is 0 Å². The minimum Gasteiger partial charge on any atom is -0.489 e. The summed E-state index contributed by atoms with van der Waals surface area (Å²) in [4.78, 5) is 15.3. The normalized spacial score (nSPS) is 19.4. The van der Waals surface area contributed by atoms with Crippen LogP contribution in [0.15, 0.2) is 47.4 Å². The third-order valence-electron chi connectivity index (χ3n) is 5.99. The van der Waals surface area contributed by atoms with E-state index in [0.717, 1.165) is 43.7 Å². The molecule has 160 valence electrons. The lowest BCUT2D eigenvalue weighted by atomic mass is 9.73. The Labute approximate surface area is 182 Å². The fraction of sp³-hybridized carbons (Fsp3) is 0.409. The smallest absolute Gasteiger partial charge is 0.235 e. The molecule has 1 atom stereocenters. The van der Waals surface area contributed by atoms with Gasteiger partial charge in [0.05, 0.1) is 10.3 Å². The monoisotopic (exact) mass is 448 g/mol. The predicted octanol–water partition coefficient (Wildman–Crippen LogP) is 3.50. The molecule has 0 radical (unpaired) electrons. The molecule has 1 fully saturated rings. The van der Waals surface area contributed by atoms with Gasteiger partial charge >= 0.3 is 0 Å². The van der Waals surface area contributed by atoms with Crippen LogP contribution < -0.4 is 10.1 Å². The van der Waals surface area contributed by atoms with Crippen molar-refractivity contribution >= 4 is 33.0 Å². The number of carbonyl (C=O) groups is 1. The summed E-state index contributed by atoms with van der Waals surface area (Å²) < 4.78 is 29.1. The molecule has 2 aliphatic rings. The molecular formula is C22H25ClN2O4S. The van der Waals surface area contributed by atoms with Gasteiger partial charge in [0, 0.05) is 23.5 Å². The topological polar surface area (TPSA) is 75.7 Å². The van der Waals surface area contributed by atoms with Gasteiger partial charge in [0.15, 0.2) is 9.84 Å². The summed E-state index contributed by atoms with van der Waals surface area (Å²) in [5.41, 5.74) is 1.38. The molecule has 2 aliphatic heterocycles. The van der Waals surface area contributed by atoms with Crippen LogP contribution in [0.4, 0.5) is 5.69 Å². The molecule has 1 amide bonds. The first kappa shape index (κ1) is 21.2. The largest absolute Gasteiger partial charge is 0.489 e. The van der Waals surface area contributed by atoms with E-state index in [4.69, 9.17) is 16.3 Å². The molecule has 0 saturated carbocycles. The molecule has 2 heterocycles. The Morgan fingerprint density at radius 2 is 1.83 bits per heavy atom. The van der Waals surface area contributed by atoms with Crippen LogP contribution in [0.5, 0.6) is 5.75 Å². The van der Waals surface area contributed by atoms with Crippen molar-refractivity contribution < 1.29 is 17.9 Å². The number of hydrogen-bond donors (Lipinski definition) is 1. The second-order valence-corrected chi connectivity index (χ2v) is 10.7. The highest BCUT2D eigenvalue weighted by Gasteiger charge is 2.48. The van der Waals surface area contributed by atoms with Crippen LogP contribution in [0.3, 0.4) is 0 Å². The van der Waals surface area contributed by atoms with Crippen LogP contribution in [0.1, 0.15) is 25.3 Å². The number of fused-ring (bicyclic) bond motifs is 2. The Balaban J connectivity index is 1.36. The highest BCUT2D eigenvalue weighted by atomic mass is 35.5. The third-order valence-corrected chi connectivity index (χ3v) is 7.36. The van der Waals surface area contributed by atoms with Crippen molar-refractivity contribution in [3.05, 3.63) is 53.1 Å². The predicted molar refractivity (Wildman–Crippen MR) is 117 cm³/mol. The number of piperidine rings is 1. The van der Waals surface area contributed by atoms with E-state index in [1.54, 1.807) is 30.3 Å². The van der Waals surface area contributed by atoms with Crippen LogP contribution in [0.2, 0.25) is 5.02 Å². The Morgan fingerprint density at radius 3 is 2.47 bits per heavy atom. The number of likely N-dealkylation sites (tertiary alicyclic amines) is 1. The molecular weight excluding hydrogens is 424 g/mol. The van der Waals surface area contributed by atoms with Crippen molar-refractivity contribution in [2.45, 2.75) is 36.2 Å². The summed E-state index contributed by atoms with van der Waals surface area (Å²) in [6, 6.07) is 12.1. The minimum absolute atomic E-state index is 0.0645. The fourth-order valence-electron chi connectivity index (χ4n) is 4.40. The third kappa shape index (κ3) is 4.06. The van der Waals surface area contributed by atoms with E-state index in [0.29, 0.717) is 10.8 Å². The van der Waals surface area contributed by atoms with Gasteiger partial charge in [0.25, 0.3) is 0 Å². The van der Waals surface area contributed by atoms with Gasteiger partial charge in [0.2, 0.25) is 5.91 Å². The Morgan fingerprint density at radius 1 is 1.17 bits per heavy atom. The van der Waals surface area contributed by atoms with Gasteiger partial charge in [-0.15, -0.1) is 0 Å². The van der Waals surface area contributed by atoms with Crippen molar-refractivity contribution in [1.82, 2.24) is 4.90 Å². The van der Waals surface area contributed by atoms with Gasteiger partial charge in [-0.3, -0.25) is 9.69 Å². The molecule has 0 aliphatic carbocycles. The number of sulfone groups is 1. The van der Waals surface area contributed by atoms with Gasteiger partial charge in [-0.25, -0.2) is 8.42 Å². The lowest BCUT2D eigenvalue weighted by Gasteiger charge is -2.38. The van der Waals surface area contributed by atoms with Crippen LogP contribution in [-0.4, -0.2) is 51.2 Å². The average molecular weight is 449 g/mol. The van der Waals surface area contributed by atoms with Crippen LogP contribution >= 0.6 is 11.6 Å². The van der Waals surface area contributed by atoms with E-state index in [9.17, 15) is 13.2 Å². The van der Waals surface area contributed by atoms with E-state index in [-0.39, 0.29) is 16.9 Å². The summed E-state index contributed by atoms with van der Waals surface area (Å²) in [7, 11) is -3.21. The van der Waals surface area contributed by atoms with Gasteiger partial charge in [-0.05, 0) is 80.9 Å².